The van der Waals surface area contributed by atoms with Crippen LogP contribution < -0.4 is 5.32 Å². The summed E-state index contributed by atoms with van der Waals surface area (Å²) in [5, 5.41) is 2.99. The number of nitrogens with one attached hydrogen (secondary N) is 2. The first-order chi connectivity index (χ1) is 9.91. The second kappa shape index (κ2) is 6.26. The molecule has 1 atom stereocenters. The van der Waals surface area contributed by atoms with Crippen molar-refractivity contribution in [2.75, 3.05) is 6.54 Å². The Kier molecular flexibility index (Phi) is 4.62. The number of likely N-dealkylation sites (N-methyl/N-ethyl adjacent to an activating group) is 1. The van der Waals surface area contributed by atoms with Crippen LogP contribution in [0.15, 0.2) is 30.6 Å². The number of alkyl halides is 3. The molecule has 0 spiro atoms. The first-order valence-electron chi connectivity index (χ1n) is 6.50. The molecule has 2 aromatic rings. The van der Waals surface area contributed by atoms with Gasteiger partial charge in [0, 0.05) is 30.4 Å². The summed E-state index contributed by atoms with van der Waals surface area (Å²) in [5.74, 6) is -0.0849. The summed E-state index contributed by atoms with van der Waals surface area (Å²) in [5.41, 5.74) is -0.871. The average molecular weight is 301 g/mol. The van der Waals surface area contributed by atoms with E-state index < -0.39 is 23.6 Å². The molecule has 3 nitrogen and oxygen atoms in total. The van der Waals surface area contributed by atoms with Gasteiger partial charge >= 0.3 is 6.18 Å². The van der Waals surface area contributed by atoms with Gasteiger partial charge < -0.3 is 10.3 Å². The van der Waals surface area contributed by atoms with Crippen molar-refractivity contribution < 1.29 is 17.6 Å². The van der Waals surface area contributed by atoms with Crippen LogP contribution in [0.3, 0.4) is 0 Å². The van der Waals surface area contributed by atoms with Crippen LogP contribution in [0.1, 0.15) is 29.9 Å². The largest absolute Gasteiger partial charge is 0.416 e. The summed E-state index contributed by atoms with van der Waals surface area (Å²) in [7, 11) is 0. The zero-order valence-electron chi connectivity index (χ0n) is 11.3. The third-order valence-electron chi connectivity index (χ3n) is 3.10. The van der Waals surface area contributed by atoms with E-state index in [9.17, 15) is 17.6 Å². The molecule has 1 unspecified atom stereocenters. The highest BCUT2D eigenvalue weighted by atomic mass is 19.4. The number of halogens is 4. The zero-order chi connectivity index (χ0) is 15.5. The smallest absolute Gasteiger partial charge is 0.349 e. The predicted octanol–water partition coefficient (Wildman–Crippen LogP) is 3.46. The zero-order valence-corrected chi connectivity index (χ0v) is 11.3. The minimum absolute atomic E-state index is 0.0110. The summed E-state index contributed by atoms with van der Waals surface area (Å²) < 4.78 is 52.2. The molecule has 1 heterocycles. The second-order valence-electron chi connectivity index (χ2n) is 4.58. The van der Waals surface area contributed by atoms with E-state index in [2.05, 4.69) is 15.3 Å². The Bertz CT molecular complexity index is 578. The average Bonchev–Trinajstić information content (AvgIpc) is 2.90. The lowest BCUT2D eigenvalue weighted by Crippen LogP contribution is -2.25. The molecule has 0 saturated carbocycles. The van der Waals surface area contributed by atoms with Gasteiger partial charge in [-0.05, 0) is 24.7 Å². The molecule has 21 heavy (non-hydrogen) atoms. The second-order valence-corrected chi connectivity index (χ2v) is 4.58. The quantitative estimate of drug-likeness (QED) is 0.830. The van der Waals surface area contributed by atoms with Crippen LogP contribution in [0.5, 0.6) is 0 Å². The Hall–Kier alpha value is -1.89. The topological polar surface area (TPSA) is 40.7 Å². The Balaban J connectivity index is 2.34. The maximum Gasteiger partial charge on any atom is 0.416 e. The first-order valence-corrected chi connectivity index (χ1v) is 6.50. The molecule has 2 N–H and O–H groups in total. The lowest BCUT2D eigenvalue weighted by Gasteiger charge is -2.19. The molecule has 114 valence electrons. The highest BCUT2D eigenvalue weighted by molar-refractivity contribution is 5.30. The van der Waals surface area contributed by atoms with Gasteiger partial charge in [0.1, 0.15) is 11.6 Å². The molecule has 2 rings (SSSR count). The molecule has 0 aliphatic carbocycles. The van der Waals surface area contributed by atoms with Gasteiger partial charge in [-0.15, -0.1) is 0 Å². The third kappa shape index (κ3) is 3.81. The Labute approximate surface area is 119 Å². The van der Waals surface area contributed by atoms with E-state index in [1.807, 2.05) is 0 Å². The van der Waals surface area contributed by atoms with E-state index in [1.54, 1.807) is 19.3 Å². The van der Waals surface area contributed by atoms with Crippen molar-refractivity contribution in [2.45, 2.75) is 25.6 Å². The fraction of sp³-hybridized carbons (Fsp3) is 0.357. The number of hydrogen-bond acceptors (Lipinski definition) is 2. The molecule has 0 fully saturated rings. The van der Waals surface area contributed by atoms with Crippen molar-refractivity contribution >= 4 is 0 Å². The van der Waals surface area contributed by atoms with Gasteiger partial charge in [-0.2, -0.15) is 13.2 Å². The van der Waals surface area contributed by atoms with Gasteiger partial charge in [0.25, 0.3) is 0 Å². The van der Waals surface area contributed by atoms with Crippen molar-refractivity contribution in [2.24, 2.45) is 0 Å². The van der Waals surface area contributed by atoms with Gasteiger partial charge in [-0.25, -0.2) is 9.37 Å². The van der Waals surface area contributed by atoms with Gasteiger partial charge in [0.2, 0.25) is 0 Å². The van der Waals surface area contributed by atoms with Crippen LogP contribution in [0.25, 0.3) is 0 Å². The molecule has 0 radical (unpaired) electrons. The van der Waals surface area contributed by atoms with Crippen LogP contribution in [-0.2, 0) is 12.6 Å². The summed E-state index contributed by atoms with van der Waals surface area (Å²) in [6, 6.07) is 1.87. The Morgan fingerprint density at radius 2 is 2.10 bits per heavy atom. The van der Waals surface area contributed by atoms with E-state index in [1.165, 1.54) is 0 Å². The molecule has 7 heteroatoms. The van der Waals surface area contributed by atoms with Gasteiger partial charge in [-0.1, -0.05) is 6.92 Å². The summed E-state index contributed by atoms with van der Waals surface area (Å²) >= 11 is 0. The van der Waals surface area contributed by atoms with E-state index >= 15 is 0 Å². The first kappa shape index (κ1) is 15.5. The van der Waals surface area contributed by atoms with Crippen LogP contribution in [0.2, 0.25) is 0 Å². The van der Waals surface area contributed by atoms with Crippen LogP contribution in [0, 0.1) is 5.82 Å². The van der Waals surface area contributed by atoms with Crippen LogP contribution >= 0.6 is 0 Å². The lowest BCUT2D eigenvalue weighted by atomic mass is 10.00. The molecular weight excluding hydrogens is 286 g/mol. The summed E-state index contributed by atoms with van der Waals surface area (Å²) in [6.45, 7) is 2.31. The van der Waals surface area contributed by atoms with Crippen molar-refractivity contribution in [3.8, 4) is 0 Å². The number of benzene rings is 1. The Morgan fingerprint density at radius 1 is 1.33 bits per heavy atom. The molecule has 0 aliphatic rings. The number of rotatable bonds is 5. The summed E-state index contributed by atoms with van der Waals surface area (Å²) in [4.78, 5) is 6.89. The van der Waals surface area contributed by atoms with E-state index in [4.69, 9.17) is 0 Å². The van der Waals surface area contributed by atoms with E-state index in [0.29, 0.717) is 12.4 Å². The molecule has 1 aromatic carbocycles. The fourth-order valence-corrected chi connectivity index (χ4v) is 2.13. The molecule has 0 aliphatic heterocycles. The van der Waals surface area contributed by atoms with Crippen LogP contribution in [-0.4, -0.2) is 16.5 Å². The number of nitrogens with zero attached hydrogens (tertiary/aromatic N) is 1. The minimum Gasteiger partial charge on any atom is -0.349 e. The number of H-pyrrole nitrogens is 1. The predicted molar refractivity (Wildman–Crippen MR) is 70.1 cm³/mol. The van der Waals surface area contributed by atoms with Crippen molar-refractivity contribution in [1.29, 1.82) is 0 Å². The van der Waals surface area contributed by atoms with Gasteiger partial charge in [0.05, 0.1) is 5.56 Å². The lowest BCUT2D eigenvalue weighted by molar-refractivity contribution is -0.137. The molecule has 0 bridgehead atoms. The van der Waals surface area contributed by atoms with E-state index in [-0.39, 0.29) is 12.0 Å². The van der Waals surface area contributed by atoms with Crippen molar-refractivity contribution in [3.63, 3.8) is 0 Å². The molecule has 0 saturated heterocycles. The monoisotopic (exact) mass is 301 g/mol. The highest BCUT2D eigenvalue weighted by Gasteiger charge is 2.32. The minimum atomic E-state index is -4.50. The highest BCUT2D eigenvalue weighted by Crippen LogP contribution is 2.32. The van der Waals surface area contributed by atoms with Gasteiger partial charge in [0.15, 0.2) is 0 Å². The standard InChI is InChI=1S/C14H15F4N3/c1-2-19-12(8-13-20-5-6-21-13)10-7-9(14(16,17)18)3-4-11(10)15/h3-7,12,19H,2,8H2,1H3,(H,20,21). The molecule has 1 aromatic heterocycles. The van der Waals surface area contributed by atoms with Gasteiger partial charge in [-0.3, -0.25) is 0 Å². The molecule has 0 amide bonds. The number of hydrogen-bond donors (Lipinski definition) is 2. The van der Waals surface area contributed by atoms with Crippen molar-refractivity contribution in [3.05, 3.63) is 53.4 Å². The fourth-order valence-electron chi connectivity index (χ4n) is 2.13. The maximum absolute atomic E-state index is 13.9. The van der Waals surface area contributed by atoms with Crippen LogP contribution in [0.4, 0.5) is 17.6 Å². The Morgan fingerprint density at radius 3 is 2.67 bits per heavy atom. The normalized spacial score (nSPS) is 13.4. The number of imidazole rings is 1. The number of aromatic nitrogens is 2. The third-order valence-corrected chi connectivity index (χ3v) is 3.10. The van der Waals surface area contributed by atoms with E-state index in [0.717, 1.165) is 18.2 Å². The summed E-state index contributed by atoms with van der Waals surface area (Å²) in [6.07, 6.45) is -1.06. The van der Waals surface area contributed by atoms with Crippen molar-refractivity contribution in [1.82, 2.24) is 15.3 Å². The molecular formula is C14H15F4N3. The maximum atomic E-state index is 13.9. The number of aromatic amines is 1. The SMILES string of the molecule is CCNC(Cc1ncc[nH]1)c1cc(C(F)(F)F)ccc1F.